The zero-order chi connectivity index (χ0) is 18.0. The van der Waals surface area contributed by atoms with E-state index in [1.807, 2.05) is 18.2 Å². The molecular weight excluding hydrogens is 322 g/mol. The topological polar surface area (TPSA) is 93.9 Å². The molecule has 0 bridgehead atoms. The van der Waals surface area contributed by atoms with Crippen molar-refractivity contribution in [3.8, 4) is 11.5 Å². The molecule has 3 rings (SSSR count). The third-order valence-electron chi connectivity index (χ3n) is 4.17. The highest BCUT2D eigenvalue weighted by Gasteiger charge is 2.37. The largest absolute Gasteiger partial charge is 0.497 e. The molecule has 3 amide bonds. The van der Waals surface area contributed by atoms with Crippen LogP contribution >= 0.6 is 0 Å². The number of urea groups is 1. The summed E-state index contributed by atoms with van der Waals surface area (Å²) in [4.78, 5) is 26.0. The molecule has 7 heteroatoms. The minimum atomic E-state index is -0.721. The Morgan fingerprint density at radius 1 is 1.16 bits per heavy atom. The Balaban J connectivity index is 1.91. The quantitative estimate of drug-likeness (QED) is 0.891. The zero-order valence-corrected chi connectivity index (χ0v) is 14.0. The van der Waals surface area contributed by atoms with Crippen LogP contribution in [0.5, 0.6) is 11.5 Å². The Hall–Kier alpha value is -3.22. The second-order valence-corrected chi connectivity index (χ2v) is 5.62. The van der Waals surface area contributed by atoms with Crippen LogP contribution in [-0.4, -0.2) is 32.2 Å². The number of nitrogens with one attached hydrogen (secondary N) is 1. The number of nitrogens with two attached hydrogens (primary N) is 1. The molecule has 0 aromatic heterocycles. The van der Waals surface area contributed by atoms with Crippen LogP contribution in [0.15, 0.2) is 42.5 Å². The average molecular weight is 341 g/mol. The van der Waals surface area contributed by atoms with Crippen LogP contribution in [-0.2, 0) is 11.2 Å². The number of para-hydroxylation sites is 1. The third-order valence-corrected chi connectivity index (χ3v) is 4.17. The summed E-state index contributed by atoms with van der Waals surface area (Å²) in [5.74, 6) is 0.514. The summed E-state index contributed by atoms with van der Waals surface area (Å²) in [6, 6.07) is 11.2. The van der Waals surface area contributed by atoms with Crippen molar-refractivity contribution in [2.75, 3.05) is 24.4 Å². The Morgan fingerprint density at radius 3 is 2.60 bits per heavy atom. The first-order chi connectivity index (χ1) is 12.0. The van der Waals surface area contributed by atoms with Gasteiger partial charge >= 0.3 is 6.03 Å². The predicted molar refractivity (Wildman–Crippen MR) is 94.2 cm³/mol. The maximum atomic E-state index is 12.8. The van der Waals surface area contributed by atoms with E-state index >= 15 is 0 Å². The molecule has 2 aromatic carbocycles. The lowest BCUT2D eigenvalue weighted by Crippen LogP contribution is -2.47. The number of amides is 3. The van der Waals surface area contributed by atoms with Gasteiger partial charge < -0.3 is 20.5 Å². The van der Waals surface area contributed by atoms with Gasteiger partial charge in [0.15, 0.2) is 0 Å². The van der Waals surface area contributed by atoms with Crippen LogP contribution in [0.2, 0.25) is 0 Å². The number of fused-ring (bicyclic) bond motifs is 1. The number of rotatable bonds is 4. The second-order valence-electron chi connectivity index (χ2n) is 5.62. The Bertz CT molecular complexity index is 822. The highest BCUT2D eigenvalue weighted by atomic mass is 16.5. The molecule has 1 aliphatic rings. The molecular formula is C18H19N3O4. The number of primary amides is 1. The van der Waals surface area contributed by atoms with Gasteiger partial charge in [-0.05, 0) is 23.8 Å². The molecule has 1 aliphatic heterocycles. The molecule has 130 valence electrons. The van der Waals surface area contributed by atoms with Gasteiger partial charge in [0.2, 0.25) is 5.91 Å². The first-order valence-electron chi connectivity index (χ1n) is 7.74. The lowest BCUT2D eigenvalue weighted by Gasteiger charge is -2.24. The van der Waals surface area contributed by atoms with E-state index in [4.69, 9.17) is 15.2 Å². The van der Waals surface area contributed by atoms with Crippen LogP contribution in [0.25, 0.3) is 0 Å². The molecule has 0 aliphatic carbocycles. The standard InChI is InChI=1S/C18H19N3O4/c1-24-12-7-8-13(16(10-12)25-2)20-18(23)21-14-6-4-3-5-11(14)9-15(21)17(19)22/h3-8,10,15H,9H2,1-2H3,(H2,19,22)(H,20,23)/t15-/m0/s1. The van der Waals surface area contributed by atoms with E-state index < -0.39 is 18.0 Å². The number of nitrogens with zero attached hydrogens (tertiary/aromatic N) is 1. The van der Waals surface area contributed by atoms with Crippen LogP contribution in [0.4, 0.5) is 16.2 Å². The molecule has 25 heavy (non-hydrogen) atoms. The normalized spacial score (nSPS) is 15.4. The fraction of sp³-hybridized carbons (Fsp3) is 0.222. The number of carbonyl (C=O) groups excluding carboxylic acids is 2. The van der Waals surface area contributed by atoms with Crippen molar-refractivity contribution in [2.45, 2.75) is 12.5 Å². The molecule has 1 atom stereocenters. The molecule has 2 aromatic rings. The van der Waals surface area contributed by atoms with Gasteiger partial charge in [0.05, 0.1) is 19.9 Å². The van der Waals surface area contributed by atoms with Gasteiger partial charge in [0, 0.05) is 18.2 Å². The summed E-state index contributed by atoms with van der Waals surface area (Å²) in [7, 11) is 3.05. The number of benzene rings is 2. The van der Waals surface area contributed by atoms with Crippen LogP contribution in [0, 0.1) is 0 Å². The first kappa shape index (κ1) is 16.6. The van der Waals surface area contributed by atoms with Crippen molar-refractivity contribution in [2.24, 2.45) is 5.73 Å². The number of carbonyl (C=O) groups is 2. The van der Waals surface area contributed by atoms with E-state index in [-0.39, 0.29) is 0 Å². The highest BCUT2D eigenvalue weighted by Crippen LogP contribution is 2.34. The molecule has 1 heterocycles. The van der Waals surface area contributed by atoms with Crippen molar-refractivity contribution in [1.82, 2.24) is 0 Å². The van der Waals surface area contributed by atoms with E-state index in [9.17, 15) is 9.59 Å². The number of hydrogen-bond donors (Lipinski definition) is 2. The van der Waals surface area contributed by atoms with E-state index in [2.05, 4.69) is 5.32 Å². The number of methoxy groups -OCH3 is 2. The van der Waals surface area contributed by atoms with Gasteiger partial charge in [-0.15, -0.1) is 0 Å². The molecule has 0 unspecified atom stereocenters. The smallest absolute Gasteiger partial charge is 0.327 e. The third kappa shape index (κ3) is 3.08. The molecule has 0 radical (unpaired) electrons. The van der Waals surface area contributed by atoms with Gasteiger partial charge in [-0.3, -0.25) is 9.69 Å². The summed E-state index contributed by atoms with van der Waals surface area (Å²) < 4.78 is 10.4. The summed E-state index contributed by atoms with van der Waals surface area (Å²) in [6.07, 6.45) is 0.401. The van der Waals surface area contributed by atoms with Crippen molar-refractivity contribution >= 4 is 23.3 Å². The molecule has 7 nitrogen and oxygen atoms in total. The van der Waals surface area contributed by atoms with Crippen molar-refractivity contribution < 1.29 is 19.1 Å². The molecule has 0 saturated carbocycles. The van der Waals surface area contributed by atoms with E-state index in [0.29, 0.717) is 29.3 Å². The fourth-order valence-electron chi connectivity index (χ4n) is 2.94. The maximum Gasteiger partial charge on any atom is 0.327 e. The van der Waals surface area contributed by atoms with Crippen molar-refractivity contribution in [3.63, 3.8) is 0 Å². The van der Waals surface area contributed by atoms with Crippen LogP contribution in [0.1, 0.15) is 5.56 Å². The molecule has 0 fully saturated rings. The van der Waals surface area contributed by atoms with Crippen molar-refractivity contribution in [3.05, 3.63) is 48.0 Å². The number of anilines is 2. The molecule has 0 spiro atoms. The SMILES string of the molecule is COc1ccc(NC(=O)N2c3ccccc3C[C@H]2C(N)=O)c(OC)c1. The van der Waals surface area contributed by atoms with E-state index in [1.165, 1.54) is 12.0 Å². The van der Waals surface area contributed by atoms with Gasteiger partial charge in [-0.1, -0.05) is 18.2 Å². The van der Waals surface area contributed by atoms with Crippen LogP contribution < -0.4 is 25.4 Å². The van der Waals surface area contributed by atoms with Crippen molar-refractivity contribution in [1.29, 1.82) is 0 Å². The summed E-state index contributed by atoms with van der Waals surface area (Å²) in [5.41, 5.74) is 7.55. The van der Waals surface area contributed by atoms with Gasteiger partial charge in [0.25, 0.3) is 0 Å². The van der Waals surface area contributed by atoms with Gasteiger partial charge in [-0.2, -0.15) is 0 Å². The Labute approximate surface area is 145 Å². The average Bonchev–Trinajstić information content (AvgIpc) is 3.02. The van der Waals surface area contributed by atoms with E-state index in [1.54, 1.807) is 31.4 Å². The van der Waals surface area contributed by atoms with Crippen LogP contribution in [0.3, 0.4) is 0 Å². The predicted octanol–water partition coefficient (Wildman–Crippen LogP) is 2.15. The monoisotopic (exact) mass is 341 g/mol. The van der Waals surface area contributed by atoms with Gasteiger partial charge in [-0.25, -0.2) is 4.79 Å². The lowest BCUT2D eigenvalue weighted by atomic mass is 10.1. The Morgan fingerprint density at radius 2 is 1.92 bits per heavy atom. The summed E-state index contributed by atoms with van der Waals surface area (Å²) in [5, 5.41) is 2.78. The minimum absolute atomic E-state index is 0.401. The highest BCUT2D eigenvalue weighted by molar-refractivity contribution is 6.08. The first-order valence-corrected chi connectivity index (χ1v) is 7.74. The summed E-state index contributed by atoms with van der Waals surface area (Å²) >= 11 is 0. The lowest BCUT2D eigenvalue weighted by molar-refractivity contribution is -0.119. The molecule has 3 N–H and O–H groups in total. The minimum Gasteiger partial charge on any atom is -0.497 e. The number of ether oxygens (including phenoxy) is 2. The molecule has 0 saturated heterocycles. The van der Waals surface area contributed by atoms with E-state index in [0.717, 1.165) is 5.56 Å². The Kier molecular flexibility index (Phi) is 4.47. The fourth-order valence-corrected chi connectivity index (χ4v) is 2.94. The maximum absolute atomic E-state index is 12.8. The zero-order valence-electron chi connectivity index (χ0n) is 14.0. The second kappa shape index (κ2) is 6.72. The summed E-state index contributed by atoms with van der Waals surface area (Å²) in [6.45, 7) is 0. The number of hydrogen-bond acceptors (Lipinski definition) is 4. The van der Waals surface area contributed by atoms with Gasteiger partial charge in [0.1, 0.15) is 17.5 Å².